The van der Waals surface area contributed by atoms with Gasteiger partial charge >= 0.3 is 6.61 Å². The highest BCUT2D eigenvalue weighted by molar-refractivity contribution is 6.32. The van der Waals surface area contributed by atoms with Gasteiger partial charge in [0.1, 0.15) is 5.75 Å². The van der Waals surface area contributed by atoms with E-state index in [4.69, 9.17) is 11.6 Å². The van der Waals surface area contributed by atoms with Gasteiger partial charge in [0.05, 0.1) is 17.3 Å². The van der Waals surface area contributed by atoms with Crippen LogP contribution >= 0.6 is 11.6 Å². The number of alkyl halides is 2. The van der Waals surface area contributed by atoms with E-state index in [0.717, 1.165) is 16.7 Å². The van der Waals surface area contributed by atoms with Crippen molar-refractivity contribution in [3.8, 4) is 17.0 Å². The molecule has 0 spiro atoms. The Morgan fingerprint density at radius 2 is 2.04 bits per heavy atom. The Hall–Kier alpha value is -2.47. The molecule has 0 aliphatic rings. The van der Waals surface area contributed by atoms with Gasteiger partial charge in [-0.1, -0.05) is 17.7 Å². The molecule has 2 aromatic heterocycles. The second-order valence-corrected chi connectivity index (χ2v) is 5.70. The summed E-state index contributed by atoms with van der Waals surface area (Å²) < 4.78 is 30.6. The first kappa shape index (κ1) is 16.4. The van der Waals surface area contributed by atoms with Crippen molar-refractivity contribution in [1.82, 2.24) is 14.8 Å². The summed E-state index contributed by atoms with van der Waals surface area (Å²) in [6, 6.07) is 8.49. The molecule has 0 bridgehead atoms. The van der Waals surface area contributed by atoms with Gasteiger partial charge in [-0.3, -0.25) is 9.67 Å². The highest BCUT2D eigenvalue weighted by Gasteiger charge is 2.11. The molecule has 0 saturated carbocycles. The third-order valence-corrected chi connectivity index (χ3v) is 3.66. The van der Waals surface area contributed by atoms with E-state index < -0.39 is 6.61 Å². The maximum absolute atomic E-state index is 12.3. The Balaban J connectivity index is 1.79. The summed E-state index contributed by atoms with van der Waals surface area (Å²) in [5.74, 6) is -0.0549. The molecule has 0 amide bonds. The van der Waals surface area contributed by atoms with E-state index in [9.17, 15) is 8.78 Å². The number of pyridine rings is 1. The number of aryl methyl sites for hydroxylation is 1. The number of rotatable bonds is 5. The lowest BCUT2D eigenvalue weighted by molar-refractivity contribution is -0.0497. The van der Waals surface area contributed by atoms with Crippen LogP contribution in [0.5, 0.6) is 5.75 Å². The number of nitrogens with zero attached hydrogens (tertiary/aromatic N) is 3. The normalized spacial score (nSPS) is 11.0. The van der Waals surface area contributed by atoms with Crippen LogP contribution in [0.1, 0.15) is 11.1 Å². The minimum Gasteiger partial charge on any atom is -0.433 e. The average molecular weight is 350 g/mol. The molecule has 3 aromatic rings. The topological polar surface area (TPSA) is 39.9 Å². The quantitative estimate of drug-likeness (QED) is 0.678. The van der Waals surface area contributed by atoms with Gasteiger partial charge in [-0.2, -0.15) is 13.9 Å². The molecular formula is C17H14ClF2N3O. The van der Waals surface area contributed by atoms with Gasteiger partial charge in [0.15, 0.2) is 0 Å². The molecule has 0 atom stereocenters. The SMILES string of the molecule is Cc1cncc(Cn2ccc(-c3ccc(OC(F)F)c(Cl)c3)n2)c1. The molecule has 0 fully saturated rings. The van der Waals surface area contributed by atoms with Crippen molar-refractivity contribution < 1.29 is 13.5 Å². The summed E-state index contributed by atoms with van der Waals surface area (Å²) in [4.78, 5) is 4.16. The zero-order valence-electron chi connectivity index (χ0n) is 12.8. The molecule has 0 N–H and O–H groups in total. The fourth-order valence-electron chi connectivity index (χ4n) is 2.35. The van der Waals surface area contributed by atoms with E-state index in [-0.39, 0.29) is 10.8 Å². The van der Waals surface area contributed by atoms with E-state index in [1.165, 1.54) is 6.07 Å². The van der Waals surface area contributed by atoms with Crippen LogP contribution in [-0.2, 0) is 6.54 Å². The Bertz CT molecular complexity index is 851. The van der Waals surface area contributed by atoms with Crippen LogP contribution in [0.15, 0.2) is 48.9 Å². The van der Waals surface area contributed by atoms with Crippen LogP contribution in [0.2, 0.25) is 5.02 Å². The van der Waals surface area contributed by atoms with Gasteiger partial charge in [-0.05, 0) is 42.3 Å². The minimum atomic E-state index is -2.91. The van der Waals surface area contributed by atoms with E-state index in [0.29, 0.717) is 12.2 Å². The predicted molar refractivity (Wildman–Crippen MR) is 87.4 cm³/mol. The highest BCUT2D eigenvalue weighted by atomic mass is 35.5. The van der Waals surface area contributed by atoms with Crippen molar-refractivity contribution in [2.24, 2.45) is 0 Å². The molecule has 7 heteroatoms. The van der Waals surface area contributed by atoms with Crippen LogP contribution in [0.4, 0.5) is 8.78 Å². The molecule has 0 unspecified atom stereocenters. The fourth-order valence-corrected chi connectivity index (χ4v) is 2.57. The molecule has 0 aliphatic carbocycles. The molecule has 0 aliphatic heterocycles. The number of hydrogen-bond donors (Lipinski definition) is 0. The molecule has 24 heavy (non-hydrogen) atoms. The zero-order chi connectivity index (χ0) is 17.1. The molecule has 4 nitrogen and oxygen atoms in total. The Kier molecular flexibility index (Phi) is 4.76. The smallest absolute Gasteiger partial charge is 0.387 e. The van der Waals surface area contributed by atoms with E-state index in [1.807, 2.05) is 25.3 Å². The Morgan fingerprint density at radius 3 is 2.75 bits per heavy atom. The lowest BCUT2D eigenvalue weighted by Crippen LogP contribution is -2.02. The van der Waals surface area contributed by atoms with Gasteiger partial charge in [0.25, 0.3) is 0 Å². The number of halogens is 3. The average Bonchev–Trinajstić information content (AvgIpc) is 2.97. The standard InChI is InChI=1S/C17H14ClF2N3O/c1-11-6-12(9-21-8-11)10-23-5-4-15(22-23)13-2-3-16(14(18)7-13)24-17(19)20/h2-9,17H,10H2,1H3. The van der Waals surface area contributed by atoms with Gasteiger partial charge in [-0.25, -0.2) is 0 Å². The molecule has 1 aromatic carbocycles. The van der Waals surface area contributed by atoms with Crippen molar-refractivity contribution in [3.63, 3.8) is 0 Å². The molecule has 124 valence electrons. The molecule has 2 heterocycles. The maximum Gasteiger partial charge on any atom is 0.387 e. The summed E-state index contributed by atoms with van der Waals surface area (Å²) in [5.41, 5.74) is 3.55. The van der Waals surface area contributed by atoms with E-state index in [1.54, 1.807) is 29.2 Å². The van der Waals surface area contributed by atoms with E-state index >= 15 is 0 Å². The maximum atomic E-state index is 12.3. The molecule has 0 radical (unpaired) electrons. The van der Waals surface area contributed by atoms with Crippen molar-refractivity contribution in [2.45, 2.75) is 20.1 Å². The lowest BCUT2D eigenvalue weighted by atomic mass is 10.1. The third-order valence-electron chi connectivity index (χ3n) is 3.36. The Morgan fingerprint density at radius 1 is 1.21 bits per heavy atom. The second-order valence-electron chi connectivity index (χ2n) is 5.29. The predicted octanol–water partition coefficient (Wildman–Crippen LogP) is 4.56. The molecule has 0 saturated heterocycles. The summed E-state index contributed by atoms with van der Waals surface area (Å²) in [6.45, 7) is -0.333. The zero-order valence-corrected chi connectivity index (χ0v) is 13.5. The second kappa shape index (κ2) is 6.97. The number of benzene rings is 1. The van der Waals surface area contributed by atoms with Crippen LogP contribution in [-0.4, -0.2) is 21.4 Å². The fraction of sp³-hybridized carbons (Fsp3) is 0.176. The first-order chi connectivity index (χ1) is 11.5. The first-order valence-corrected chi connectivity index (χ1v) is 7.58. The highest BCUT2D eigenvalue weighted by Crippen LogP contribution is 2.30. The summed E-state index contributed by atoms with van der Waals surface area (Å²) in [6.07, 6.45) is 5.43. The minimum absolute atomic E-state index is 0.0549. The third kappa shape index (κ3) is 3.89. The monoisotopic (exact) mass is 349 g/mol. The summed E-state index contributed by atoms with van der Waals surface area (Å²) >= 11 is 5.98. The van der Waals surface area contributed by atoms with Crippen molar-refractivity contribution in [2.75, 3.05) is 0 Å². The van der Waals surface area contributed by atoms with Crippen molar-refractivity contribution in [1.29, 1.82) is 0 Å². The lowest BCUT2D eigenvalue weighted by Gasteiger charge is -2.07. The largest absolute Gasteiger partial charge is 0.433 e. The summed E-state index contributed by atoms with van der Waals surface area (Å²) in [7, 11) is 0. The van der Waals surface area contributed by atoms with Crippen LogP contribution in [0.3, 0.4) is 0 Å². The summed E-state index contributed by atoms with van der Waals surface area (Å²) in [5, 5.41) is 4.59. The first-order valence-electron chi connectivity index (χ1n) is 7.20. The number of aromatic nitrogens is 3. The van der Waals surface area contributed by atoms with E-state index in [2.05, 4.69) is 14.8 Å². The van der Waals surface area contributed by atoms with Crippen molar-refractivity contribution in [3.05, 3.63) is 65.1 Å². The van der Waals surface area contributed by atoms with Crippen LogP contribution < -0.4 is 4.74 Å². The van der Waals surface area contributed by atoms with Gasteiger partial charge in [-0.15, -0.1) is 0 Å². The van der Waals surface area contributed by atoms with Crippen LogP contribution in [0, 0.1) is 6.92 Å². The number of hydrogen-bond acceptors (Lipinski definition) is 3. The van der Waals surface area contributed by atoms with Gasteiger partial charge < -0.3 is 4.74 Å². The van der Waals surface area contributed by atoms with Crippen LogP contribution in [0.25, 0.3) is 11.3 Å². The van der Waals surface area contributed by atoms with Gasteiger partial charge in [0, 0.05) is 24.2 Å². The van der Waals surface area contributed by atoms with Gasteiger partial charge in [0.2, 0.25) is 0 Å². The Labute approximate surface area is 142 Å². The molecule has 3 rings (SSSR count). The molecular weight excluding hydrogens is 336 g/mol. The van der Waals surface area contributed by atoms with Crippen molar-refractivity contribution >= 4 is 11.6 Å². The number of ether oxygens (including phenoxy) is 1.